The number of aromatic nitrogens is 1. The van der Waals surface area contributed by atoms with Crippen LogP contribution in [0.4, 0.5) is 15.8 Å². The Hall–Kier alpha value is -3.28. The van der Waals surface area contributed by atoms with Gasteiger partial charge in [0, 0.05) is 35.3 Å². The van der Waals surface area contributed by atoms with Gasteiger partial charge in [-0.05, 0) is 38.1 Å². The van der Waals surface area contributed by atoms with Crippen LogP contribution in [0.1, 0.15) is 17.0 Å². The predicted molar refractivity (Wildman–Crippen MR) is 95.6 cm³/mol. The van der Waals surface area contributed by atoms with Crippen LogP contribution in [0.15, 0.2) is 59.6 Å². The highest BCUT2D eigenvalue weighted by Crippen LogP contribution is 2.23. The van der Waals surface area contributed by atoms with Crippen molar-refractivity contribution in [1.82, 2.24) is 4.57 Å². The third-order valence-electron chi connectivity index (χ3n) is 3.96. The third-order valence-corrected chi connectivity index (χ3v) is 3.96. The fourth-order valence-corrected chi connectivity index (χ4v) is 2.75. The van der Waals surface area contributed by atoms with E-state index >= 15 is 0 Å². The van der Waals surface area contributed by atoms with Crippen molar-refractivity contribution in [3.63, 3.8) is 0 Å². The number of para-hydroxylation sites is 1. The van der Waals surface area contributed by atoms with E-state index in [1.807, 2.05) is 24.5 Å². The number of halogens is 1. The van der Waals surface area contributed by atoms with Gasteiger partial charge in [0.1, 0.15) is 5.82 Å². The number of non-ortho nitro benzene ring substituents is 1. The second-order valence-corrected chi connectivity index (χ2v) is 5.65. The summed E-state index contributed by atoms with van der Waals surface area (Å²) in [6.45, 7) is 3.78. The molecule has 3 aromatic rings. The van der Waals surface area contributed by atoms with Crippen molar-refractivity contribution < 1.29 is 9.31 Å². The lowest BCUT2D eigenvalue weighted by molar-refractivity contribution is -0.384. The number of nitro benzene ring substituents is 1. The Balaban J connectivity index is 1.97. The van der Waals surface area contributed by atoms with Gasteiger partial charge in [-0.25, -0.2) is 4.39 Å². The Morgan fingerprint density at radius 2 is 1.88 bits per heavy atom. The van der Waals surface area contributed by atoms with E-state index < -0.39 is 4.92 Å². The summed E-state index contributed by atoms with van der Waals surface area (Å²) in [7, 11) is 0. The van der Waals surface area contributed by atoms with Gasteiger partial charge in [-0.15, -0.1) is 0 Å². The zero-order valence-corrected chi connectivity index (χ0v) is 13.8. The number of aliphatic imine (C=N–C) groups is 1. The molecule has 0 saturated carbocycles. The van der Waals surface area contributed by atoms with Crippen LogP contribution in [0.5, 0.6) is 0 Å². The molecule has 25 heavy (non-hydrogen) atoms. The highest BCUT2D eigenvalue weighted by atomic mass is 19.1. The van der Waals surface area contributed by atoms with E-state index in [1.165, 1.54) is 18.2 Å². The molecule has 0 aliphatic carbocycles. The van der Waals surface area contributed by atoms with Crippen molar-refractivity contribution >= 4 is 17.6 Å². The first-order valence-corrected chi connectivity index (χ1v) is 7.70. The standard InChI is InChI=1S/C19H16FN3O2/c1-13-10-15(12-21-16-6-5-7-17(11-16)23(24)25)14(2)22(13)19-9-4-3-8-18(19)20/h3-12H,1-2H3. The normalized spacial score (nSPS) is 11.2. The molecule has 3 rings (SSSR count). The van der Waals surface area contributed by atoms with Gasteiger partial charge in [0.25, 0.3) is 5.69 Å². The van der Waals surface area contributed by atoms with Gasteiger partial charge < -0.3 is 4.57 Å². The van der Waals surface area contributed by atoms with Gasteiger partial charge in [-0.3, -0.25) is 15.1 Å². The average molecular weight is 337 g/mol. The van der Waals surface area contributed by atoms with Gasteiger partial charge in [0.2, 0.25) is 0 Å². The number of benzene rings is 2. The summed E-state index contributed by atoms with van der Waals surface area (Å²) in [6, 6.07) is 14.6. The minimum atomic E-state index is -0.455. The van der Waals surface area contributed by atoms with Crippen LogP contribution in [0.2, 0.25) is 0 Å². The van der Waals surface area contributed by atoms with Crippen molar-refractivity contribution in [3.05, 3.63) is 87.5 Å². The Kier molecular flexibility index (Phi) is 4.43. The number of nitro groups is 1. The lowest BCUT2D eigenvalue weighted by Gasteiger charge is -2.10. The first-order chi connectivity index (χ1) is 12.0. The first kappa shape index (κ1) is 16.6. The van der Waals surface area contributed by atoms with Crippen LogP contribution >= 0.6 is 0 Å². The smallest absolute Gasteiger partial charge is 0.271 e. The van der Waals surface area contributed by atoms with E-state index in [9.17, 15) is 14.5 Å². The van der Waals surface area contributed by atoms with Gasteiger partial charge in [0.15, 0.2) is 0 Å². The molecule has 0 spiro atoms. The number of hydrogen-bond acceptors (Lipinski definition) is 3. The second-order valence-electron chi connectivity index (χ2n) is 5.65. The molecule has 0 unspecified atom stereocenters. The van der Waals surface area contributed by atoms with E-state index in [0.717, 1.165) is 17.0 Å². The first-order valence-electron chi connectivity index (χ1n) is 7.70. The van der Waals surface area contributed by atoms with Crippen LogP contribution < -0.4 is 0 Å². The number of rotatable bonds is 4. The molecule has 6 heteroatoms. The van der Waals surface area contributed by atoms with Gasteiger partial charge >= 0.3 is 0 Å². The van der Waals surface area contributed by atoms with E-state index in [4.69, 9.17) is 0 Å². The molecule has 2 aromatic carbocycles. The molecule has 1 heterocycles. The van der Waals surface area contributed by atoms with Crippen LogP contribution in [-0.2, 0) is 0 Å². The largest absolute Gasteiger partial charge is 0.315 e. The molecule has 0 atom stereocenters. The summed E-state index contributed by atoms with van der Waals surface area (Å²) in [5.74, 6) is -0.300. The maximum Gasteiger partial charge on any atom is 0.271 e. The van der Waals surface area contributed by atoms with Crippen molar-refractivity contribution in [2.75, 3.05) is 0 Å². The molecule has 0 bridgehead atoms. The van der Waals surface area contributed by atoms with Crippen LogP contribution in [0.3, 0.4) is 0 Å². The van der Waals surface area contributed by atoms with Crippen LogP contribution in [0, 0.1) is 29.8 Å². The molecule has 0 aliphatic heterocycles. The molecular weight excluding hydrogens is 321 g/mol. The van der Waals surface area contributed by atoms with Gasteiger partial charge in [0.05, 0.1) is 16.3 Å². The van der Waals surface area contributed by atoms with Gasteiger partial charge in [-0.2, -0.15) is 0 Å². The Labute approximate surface area is 144 Å². The molecule has 0 fully saturated rings. The Bertz CT molecular complexity index is 977. The molecular formula is C19H16FN3O2. The van der Waals surface area contributed by atoms with Crippen LogP contribution in [0.25, 0.3) is 5.69 Å². The van der Waals surface area contributed by atoms with Gasteiger partial charge in [-0.1, -0.05) is 18.2 Å². The van der Waals surface area contributed by atoms with Crippen molar-refractivity contribution in [3.8, 4) is 5.69 Å². The highest BCUT2D eigenvalue weighted by molar-refractivity contribution is 5.84. The topological polar surface area (TPSA) is 60.4 Å². The maximum atomic E-state index is 14.1. The number of aryl methyl sites for hydroxylation is 1. The van der Waals surface area contributed by atoms with Crippen molar-refractivity contribution in [2.24, 2.45) is 4.99 Å². The van der Waals surface area contributed by atoms with Crippen LogP contribution in [-0.4, -0.2) is 15.7 Å². The predicted octanol–water partition coefficient (Wildman–Crippen LogP) is 4.89. The van der Waals surface area contributed by atoms with E-state index in [0.29, 0.717) is 11.4 Å². The maximum absolute atomic E-state index is 14.1. The summed E-state index contributed by atoms with van der Waals surface area (Å²) in [6.07, 6.45) is 1.64. The monoisotopic (exact) mass is 337 g/mol. The average Bonchev–Trinajstić information content (AvgIpc) is 2.88. The molecule has 1 aromatic heterocycles. The minimum absolute atomic E-state index is 0.00789. The van der Waals surface area contributed by atoms with E-state index in [2.05, 4.69) is 4.99 Å². The summed E-state index contributed by atoms with van der Waals surface area (Å²) < 4.78 is 15.9. The SMILES string of the molecule is Cc1cc(C=Nc2cccc([N+](=O)[O-])c2)c(C)n1-c1ccccc1F. The molecule has 0 radical (unpaired) electrons. The molecule has 126 valence electrons. The van der Waals surface area contributed by atoms with Crippen molar-refractivity contribution in [1.29, 1.82) is 0 Å². The number of hydrogen-bond donors (Lipinski definition) is 0. The fourth-order valence-electron chi connectivity index (χ4n) is 2.75. The molecule has 0 aliphatic rings. The summed E-state index contributed by atoms with van der Waals surface area (Å²) in [4.78, 5) is 14.7. The Morgan fingerprint density at radius 3 is 2.60 bits per heavy atom. The quantitative estimate of drug-likeness (QED) is 0.386. The second kappa shape index (κ2) is 6.68. The molecule has 5 nitrogen and oxygen atoms in total. The summed E-state index contributed by atoms with van der Waals surface area (Å²) in [5.41, 5.74) is 3.51. The number of nitrogens with zero attached hydrogens (tertiary/aromatic N) is 3. The lowest BCUT2D eigenvalue weighted by Crippen LogP contribution is -2.02. The van der Waals surface area contributed by atoms with E-state index in [-0.39, 0.29) is 11.5 Å². The third kappa shape index (κ3) is 3.33. The van der Waals surface area contributed by atoms with E-state index in [1.54, 1.807) is 36.5 Å². The fraction of sp³-hybridized carbons (Fsp3) is 0.105. The zero-order chi connectivity index (χ0) is 18.0. The minimum Gasteiger partial charge on any atom is -0.315 e. The summed E-state index contributed by atoms with van der Waals surface area (Å²) >= 11 is 0. The summed E-state index contributed by atoms with van der Waals surface area (Å²) in [5, 5.41) is 10.8. The molecule has 0 saturated heterocycles. The van der Waals surface area contributed by atoms with Crippen molar-refractivity contribution in [2.45, 2.75) is 13.8 Å². The molecule has 0 N–H and O–H groups in total. The lowest BCUT2D eigenvalue weighted by atomic mass is 10.2. The Morgan fingerprint density at radius 1 is 1.12 bits per heavy atom. The highest BCUT2D eigenvalue weighted by Gasteiger charge is 2.12. The molecule has 0 amide bonds. The zero-order valence-electron chi connectivity index (χ0n) is 13.8.